The van der Waals surface area contributed by atoms with Crippen LogP contribution in [0.2, 0.25) is 0 Å². The third-order valence-electron chi connectivity index (χ3n) is 6.00. The van der Waals surface area contributed by atoms with Crippen LogP contribution in [0, 0.1) is 6.92 Å². The van der Waals surface area contributed by atoms with Crippen LogP contribution in [0.1, 0.15) is 51.2 Å². The largest absolute Gasteiger partial charge is 0.444 e. The van der Waals surface area contributed by atoms with Crippen molar-refractivity contribution in [3.8, 4) is 0 Å². The summed E-state index contributed by atoms with van der Waals surface area (Å²) in [6.45, 7) is 10.0. The first-order valence-electron chi connectivity index (χ1n) is 11.5. The van der Waals surface area contributed by atoms with Crippen molar-refractivity contribution in [1.29, 1.82) is 0 Å². The molecule has 1 aliphatic heterocycles. The molecule has 2 aromatic carbocycles. The summed E-state index contributed by atoms with van der Waals surface area (Å²) in [5, 5.41) is 3.56. The van der Waals surface area contributed by atoms with E-state index in [1.54, 1.807) is 0 Å². The zero-order chi connectivity index (χ0) is 22.7. The number of aromatic nitrogens is 2. The molecule has 170 valence electrons. The standard InChI is InChI=1S/C26H34N4O2/c1-19-11-5-6-12-20(19)18-30-23-15-8-7-14-22(23)28-24(30)27-17-21-13-9-10-16-29(21)25(31)32-26(2,3)4/h5-8,11-12,14-15,21H,9-10,13,16-18H2,1-4H3,(H,27,28). The van der Waals surface area contributed by atoms with E-state index >= 15 is 0 Å². The predicted octanol–water partition coefficient (Wildman–Crippen LogP) is 5.59. The van der Waals surface area contributed by atoms with Crippen LogP contribution in [0.3, 0.4) is 0 Å². The van der Waals surface area contributed by atoms with Crippen LogP contribution >= 0.6 is 0 Å². The van der Waals surface area contributed by atoms with E-state index in [2.05, 4.69) is 47.1 Å². The van der Waals surface area contributed by atoms with E-state index in [4.69, 9.17) is 9.72 Å². The summed E-state index contributed by atoms with van der Waals surface area (Å²) in [5.41, 5.74) is 4.11. The lowest BCUT2D eigenvalue weighted by atomic mass is 10.0. The van der Waals surface area contributed by atoms with Gasteiger partial charge < -0.3 is 19.5 Å². The number of fused-ring (bicyclic) bond motifs is 1. The normalized spacial score (nSPS) is 16.9. The van der Waals surface area contributed by atoms with Gasteiger partial charge in [0, 0.05) is 13.1 Å². The quantitative estimate of drug-likeness (QED) is 0.568. The molecule has 1 amide bonds. The maximum atomic E-state index is 12.8. The molecule has 2 heterocycles. The number of hydrogen-bond acceptors (Lipinski definition) is 4. The average Bonchev–Trinajstić information content (AvgIpc) is 3.10. The third kappa shape index (κ3) is 5.06. The van der Waals surface area contributed by atoms with Gasteiger partial charge in [-0.2, -0.15) is 0 Å². The Kier molecular flexibility index (Phi) is 6.40. The van der Waals surface area contributed by atoms with Gasteiger partial charge in [0.05, 0.1) is 23.6 Å². The molecular weight excluding hydrogens is 400 g/mol. The van der Waals surface area contributed by atoms with E-state index in [0.717, 1.165) is 49.3 Å². The molecule has 1 aliphatic rings. The highest BCUT2D eigenvalue weighted by atomic mass is 16.6. The fourth-order valence-electron chi connectivity index (χ4n) is 4.31. The van der Waals surface area contributed by atoms with Crippen LogP contribution in [-0.2, 0) is 11.3 Å². The van der Waals surface area contributed by atoms with Crippen molar-refractivity contribution in [2.75, 3.05) is 18.4 Å². The monoisotopic (exact) mass is 434 g/mol. The number of nitrogens with zero attached hydrogens (tertiary/aromatic N) is 3. The van der Waals surface area contributed by atoms with Crippen LogP contribution in [0.15, 0.2) is 48.5 Å². The summed E-state index contributed by atoms with van der Waals surface area (Å²) < 4.78 is 7.90. The van der Waals surface area contributed by atoms with E-state index in [-0.39, 0.29) is 12.1 Å². The number of hydrogen-bond donors (Lipinski definition) is 1. The van der Waals surface area contributed by atoms with Gasteiger partial charge in [-0.15, -0.1) is 0 Å². The lowest BCUT2D eigenvalue weighted by molar-refractivity contribution is 0.0114. The zero-order valence-corrected chi connectivity index (χ0v) is 19.6. The summed E-state index contributed by atoms with van der Waals surface area (Å²) in [4.78, 5) is 19.5. The Labute approximate surface area is 190 Å². The average molecular weight is 435 g/mol. The molecule has 6 heteroatoms. The number of aryl methyl sites for hydroxylation is 1. The van der Waals surface area contributed by atoms with Gasteiger partial charge >= 0.3 is 6.09 Å². The molecule has 3 aromatic rings. The minimum absolute atomic E-state index is 0.0883. The molecule has 4 rings (SSSR count). The zero-order valence-electron chi connectivity index (χ0n) is 19.6. The van der Waals surface area contributed by atoms with E-state index < -0.39 is 5.60 Å². The van der Waals surface area contributed by atoms with E-state index in [0.29, 0.717) is 6.54 Å². The Hall–Kier alpha value is -3.02. The highest BCUT2D eigenvalue weighted by Crippen LogP contribution is 2.24. The van der Waals surface area contributed by atoms with Crippen LogP contribution < -0.4 is 5.32 Å². The fraction of sp³-hybridized carbons (Fsp3) is 0.462. The summed E-state index contributed by atoms with van der Waals surface area (Å²) in [6.07, 6.45) is 2.87. The molecule has 1 unspecified atom stereocenters. The van der Waals surface area contributed by atoms with Crippen molar-refractivity contribution < 1.29 is 9.53 Å². The highest BCUT2D eigenvalue weighted by molar-refractivity contribution is 5.78. The molecule has 1 atom stereocenters. The molecule has 0 aliphatic carbocycles. The smallest absolute Gasteiger partial charge is 0.410 e. The maximum absolute atomic E-state index is 12.8. The number of carbonyl (C=O) groups is 1. The summed E-state index contributed by atoms with van der Waals surface area (Å²) >= 11 is 0. The number of carbonyl (C=O) groups excluding carboxylic acids is 1. The number of amides is 1. The van der Waals surface area contributed by atoms with Gasteiger partial charge in [-0.05, 0) is 70.2 Å². The van der Waals surface area contributed by atoms with Crippen molar-refractivity contribution in [1.82, 2.24) is 14.5 Å². The minimum Gasteiger partial charge on any atom is -0.444 e. The lowest BCUT2D eigenvalue weighted by Gasteiger charge is -2.36. The summed E-state index contributed by atoms with van der Waals surface area (Å²) in [7, 11) is 0. The van der Waals surface area contributed by atoms with Crippen LogP contribution in [0.25, 0.3) is 11.0 Å². The third-order valence-corrected chi connectivity index (χ3v) is 6.00. The number of benzene rings is 2. The summed E-state index contributed by atoms with van der Waals surface area (Å²) in [6, 6.07) is 16.8. The number of anilines is 1. The molecule has 0 bridgehead atoms. The maximum Gasteiger partial charge on any atom is 0.410 e. The van der Waals surface area contributed by atoms with Crippen molar-refractivity contribution >= 4 is 23.1 Å². The number of para-hydroxylation sites is 2. The highest BCUT2D eigenvalue weighted by Gasteiger charge is 2.30. The second-order valence-electron chi connectivity index (χ2n) is 9.64. The van der Waals surface area contributed by atoms with E-state index in [1.807, 2.05) is 43.9 Å². The van der Waals surface area contributed by atoms with Crippen molar-refractivity contribution in [3.05, 3.63) is 59.7 Å². The topological polar surface area (TPSA) is 59.4 Å². The van der Waals surface area contributed by atoms with Gasteiger partial charge in [0.1, 0.15) is 5.60 Å². The number of nitrogens with one attached hydrogen (secondary N) is 1. The SMILES string of the molecule is Cc1ccccc1Cn1c(NCC2CCCCN2C(=O)OC(C)(C)C)nc2ccccc21. The molecule has 0 spiro atoms. The first-order valence-corrected chi connectivity index (χ1v) is 11.5. The van der Waals surface area contributed by atoms with Crippen LogP contribution in [-0.4, -0.2) is 45.3 Å². The van der Waals surface area contributed by atoms with Gasteiger partial charge in [-0.1, -0.05) is 36.4 Å². The first-order chi connectivity index (χ1) is 15.3. The number of ether oxygens (including phenoxy) is 1. The lowest BCUT2D eigenvalue weighted by Crippen LogP contribution is -2.49. The van der Waals surface area contributed by atoms with Gasteiger partial charge in [0.25, 0.3) is 0 Å². The van der Waals surface area contributed by atoms with E-state index in [9.17, 15) is 4.79 Å². The predicted molar refractivity (Wildman–Crippen MR) is 129 cm³/mol. The first kappa shape index (κ1) is 22.2. The van der Waals surface area contributed by atoms with Crippen molar-refractivity contribution in [2.45, 2.75) is 65.1 Å². The van der Waals surface area contributed by atoms with Crippen molar-refractivity contribution in [3.63, 3.8) is 0 Å². The molecule has 1 saturated heterocycles. The van der Waals surface area contributed by atoms with Gasteiger partial charge in [0.2, 0.25) is 5.95 Å². The Morgan fingerprint density at radius 1 is 1.12 bits per heavy atom. The van der Waals surface area contributed by atoms with Gasteiger partial charge in [-0.3, -0.25) is 0 Å². The Morgan fingerprint density at radius 2 is 1.88 bits per heavy atom. The second-order valence-corrected chi connectivity index (χ2v) is 9.64. The molecule has 6 nitrogen and oxygen atoms in total. The number of imidazole rings is 1. The molecule has 1 aromatic heterocycles. The molecule has 32 heavy (non-hydrogen) atoms. The minimum atomic E-state index is -0.492. The molecule has 1 N–H and O–H groups in total. The molecule has 0 radical (unpaired) electrons. The number of likely N-dealkylation sites (tertiary alicyclic amines) is 1. The van der Waals surface area contributed by atoms with E-state index in [1.165, 1.54) is 11.1 Å². The molecular formula is C26H34N4O2. The second kappa shape index (κ2) is 9.23. The number of piperidine rings is 1. The Morgan fingerprint density at radius 3 is 2.66 bits per heavy atom. The van der Waals surface area contributed by atoms with Crippen LogP contribution in [0.4, 0.5) is 10.7 Å². The Bertz CT molecular complexity index is 1080. The summed E-state index contributed by atoms with van der Waals surface area (Å²) in [5.74, 6) is 0.837. The fourth-order valence-corrected chi connectivity index (χ4v) is 4.31. The Balaban J connectivity index is 1.56. The van der Waals surface area contributed by atoms with Gasteiger partial charge in [-0.25, -0.2) is 9.78 Å². The molecule has 1 fully saturated rings. The molecule has 0 saturated carbocycles. The van der Waals surface area contributed by atoms with Gasteiger partial charge in [0.15, 0.2) is 0 Å². The number of rotatable bonds is 5. The van der Waals surface area contributed by atoms with Crippen LogP contribution in [0.5, 0.6) is 0 Å². The van der Waals surface area contributed by atoms with Crippen molar-refractivity contribution in [2.24, 2.45) is 0 Å².